The van der Waals surface area contributed by atoms with E-state index in [4.69, 9.17) is 13.9 Å². The van der Waals surface area contributed by atoms with Gasteiger partial charge in [0.1, 0.15) is 5.75 Å². The van der Waals surface area contributed by atoms with E-state index in [1.54, 1.807) is 44.6 Å². The maximum atomic E-state index is 12.9. The molecule has 1 N–H and O–H groups in total. The average molecular weight is 371 g/mol. The summed E-state index contributed by atoms with van der Waals surface area (Å²) >= 11 is 0. The summed E-state index contributed by atoms with van der Waals surface area (Å²) in [6.07, 6.45) is 1.95. The van der Waals surface area contributed by atoms with Crippen molar-refractivity contribution in [2.45, 2.75) is 12.5 Å². The van der Waals surface area contributed by atoms with Crippen LogP contribution in [0.3, 0.4) is 0 Å². The third-order valence-electron chi connectivity index (χ3n) is 4.47. The second kappa shape index (κ2) is 8.09. The molecule has 0 bridgehead atoms. The molecule has 27 heavy (non-hydrogen) atoms. The Morgan fingerprint density at radius 3 is 2.56 bits per heavy atom. The van der Waals surface area contributed by atoms with E-state index in [9.17, 15) is 14.7 Å². The largest absolute Gasteiger partial charge is 0.503 e. The third-order valence-corrected chi connectivity index (χ3v) is 4.47. The molecular formula is C20H21NO6. The minimum absolute atomic E-state index is 0.0116. The molecule has 1 aliphatic rings. The van der Waals surface area contributed by atoms with Crippen LogP contribution in [0, 0.1) is 0 Å². The summed E-state index contributed by atoms with van der Waals surface area (Å²) in [4.78, 5) is 27.0. The number of ketones is 1. The molecule has 1 aromatic carbocycles. The quantitative estimate of drug-likeness (QED) is 0.567. The van der Waals surface area contributed by atoms with Crippen LogP contribution in [-0.2, 0) is 9.53 Å². The molecule has 2 heterocycles. The van der Waals surface area contributed by atoms with E-state index in [1.165, 1.54) is 17.2 Å². The molecule has 7 heteroatoms. The summed E-state index contributed by atoms with van der Waals surface area (Å²) in [7, 11) is 3.14. The van der Waals surface area contributed by atoms with Crippen LogP contribution in [0.4, 0.5) is 0 Å². The van der Waals surface area contributed by atoms with Gasteiger partial charge in [-0.15, -0.1) is 0 Å². The van der Waals surface area contributed by atoms with Gasteiger partial charge in [-0.2, -0.15) is 0 Å². The first-order chi connectivity index (χ1) is 13.1. The Morgan fingerprint density at radius 1 is 1.22 bits per heavy atom. The Balaban J connectivity index is 2.01. The second-order valence-electron chi connectivity index (χ2n) is 6.09. The van der Waals surface area contributed by atoms with Gasteiger partial charge in [0.25, 0.3) is 5.91 Å². The first-order valence-corrected chi connectivity index (χ1v) is 8.53. The summed E-state index contributed by atoms with van der Waals surface area (Å²) in [6.45, 7) is 0.795. The van der Waals surface area contributed by atoms with Crippen molar-refractivity contribution in [3.05, 3.63) is 65.3 Å². The van der Waals surface area contributed by atoms with Gasteiger partial charge in [-0.3, -0.25) is 9.59 Å². The fourth-order valence-electron chi connectivity index (χ4n) is 3.17. The number of aliphatic hydroxyl groups excluding tert-OH is 1. The van der Waals surface area contributed by atoms with Crippen LogP contribution in [0.1, 0.15) is 28.6 Å². The Bertz CT molecular complexity index is 838. The zero-order chi connectivity index (χ0) is 19.4. The van der Waals surface area contributed by atoms with Gasteiger partial charge in [-0.1, -0.05) is 12.1 Å². The van der Waals surface area contributed by atoms with Crippen molar-refractivity contribution < 1.29 is 28.6 Å². The van der Waals surface area contributed by atoms with Crippen molar-refractivity contribution in [2.75, 3.05) is 27.4 Å². The number of nitrogens with zero attached hydrogens (tertiary/aromatic N) is 1. The number of aliphatic hydroxyl groups is 1. The van der Waals surface area contributed by atoms with Crippen LogP contribution in [0.2, 0.25) is 0 Å². The summed E-state index contributed by atoms with van der Waals surface area (Å²) < 4.78 is 15.4. The van der Waals surface area contributed by atoms with Crippen LogP contribution in [0.5, 0.6) is 5.75 Å². The standard InChI is InChI=1S/C20H21NO6/c1-25-11-4-10-21-17(13-6-8-14(26-2)9-7-13)16(19(23)20(21)24)18(22)15-5-3-12-27-15/h3,5-9,12,17,23H,4,10-11H2,1-2H3/t17-/m1/s1. The molecule has 7 nitrogen and oxygen atoms in total. The fourth-order valence-corrected chi connectivity index (χ4v) is 3.17. The van der Waals surface area contributed by atoms with Crippen LogP contribution in [-0.4, -0.2) is 49.1 Å². The highest BCUT2D eigenvalue weighted by atomic mass is 16.5. The molecule has 0 aliphatic carbocycles. The summed E-state index contributed by atoms with van der Waals surface area (Å²) in [5.41, 5.74) is 0.707. The normalized spacial score (nSPS) is 16.9. The number of amides is 1. The molecule has 2 aromatic rings. The van der Waals surface area contributed by atoms with Crippen molar-refractivity contribution in [3.63, 3.8) is 0 Å². The average Bonchev–Trinajstić information content (AvgIpc) is 3.31. The maximum absolute atomic E-state index is 12.9. The first kappa shape index (κ1) is 18.7. The number of rotatable bonds is 8. The highest BCUT2D eigenvalue weighted by molar-refractivity contribution is 6.15. The van der Waals surface area contributed by atoms with Gasteiger partial charge >= 0.3 is 0 Å². The van der Waals surface area contributed by atoms with E-state index >= 15 is 0 Å². The lowest BCUT2D eigenvalue weighted by Crippen LogP contribution is -2.32. The molecule has 1 aliphatic heterocycles. The van der Waals surface area contributed by atoms with Crippen molar-refractivity contribution >= 4 is 11.7 Å². The lowest BCUT2D eigenvalue weighted by molar-refractivity contribution is -0.129. The van der Waals surface area contributed by atoms with Crippen LogP contribution in [0.25, 0.3) is 0 Å². The molecule has 1 amide bonds. The number of ether oxygens (including phenoxy) is 2. The first-order valence-electron chi connectivity index (χ1n) is 8.53. The van der Waals surface area contributed by atoms with Gasteiger partial charge in [0, 0.05) is 20.3 Å². The van der Waals surface area contributed by atoms with Crippen molar-refractivity contribution in [2.24, 2.45) is 0 Å². The number of furan rings is 1. The smallest absolute Gasteiger partial charge is 0.290 e. The van der Waals surface area contributed by atoms with Gasteiger partial charge in [-0.05, 0) is 36.2 Å². The number of methoxy groups -OCH3 is 2. The molecular weight excluding hydrogens is 350 g/mol. The van der Waals surface area contributed by atoms with Crippen LogP contribution >= 0.6 is 0 Å². The summed E-state index contributed by atoms with van der Waals surface area (Å²) in [6, 6.07) is 9.42. The van der Waals surface area contributed by atoms with E-state index in [0.717, 1.165) is 0 Å². The SMILES string of the molecule is COCCCN1C(=O)C(O)=C(C(=O)c2ccco2)[C@H]1c1ccc(OC)cc1. The molecule has 0 unspecified atom stereocenters. The maximum Gasteiger partial charge on any atom is 0.290 e. The molecule has 3 rings (SSSR count). The minimum Gasteiger partial charge on any atom is -0.503 e. The van der Waals surface area contributed by atoms with Crippen LogP contribution in [0.15, 0.2) is 58.4 Å². The van der Waals surface area contributed by atoms with Gasteiger partial charge in [0.2, 0.25) is 5.78 Å². The number of Topliss-reactive ketones (excluding diaryl/α,β-unsaturated/α-hetero) is 1. The fraction of sp³-hybridized carbons (Fsp3) is 0.300. The number of carbonyl (C=O) groups is 2. The zero-order valence-corrected chi connectivity index (χ0v) is 15.2. The van der Waals surface area contributed by atoms with Crippen molar-refractivity contribution in [3.8, 4) is 5.75 Å². The molecule has 1 aromatic heterocycles. The Hall–Kier alpha value is -3.06. The number of hydrogen-bond donors (Lipinski definition) is 1. The number of carbonyl (C=O) groups excluding carboxylic acids is 2. The highest BCUT2D eigenvalue weighted by Gasteiger charge is 2.44. The molecule has 1 atom stereocenters. The molecule has 0 spiro atoms. The van der Waals surface area contributed by atoms with E-state index in [0.29, 0.717) is 30.9 Å². The van der Waals surface area contributed by atoms with Crippen molar-refractivity contribution in [1.82, 2.24) is 4.90 Å². The molecule has 142 valence electrons. The summed E-state index contributed by atoms with van der Waals surface area (Å²) in [5, 5.41) is 10.5. The molecule has 0 saturated carbocycles. The van der Waals surface area contributed by atoms with E-state index in [2.05, 4.69) is 0 Å². The number of hydrogen-bond acceptors (Lipinski definition) is 6. The lowest BCUT2D eigenvalue weighted by Gasteiger charge is -2.26. The Labute approximate surface area is 156 Å². The van der Waals surface area contributed by atoms with Gasteiger partial charge in [0.05, 0.1) is 25.0 Å². The summed E-state index contributed by atoms with van der Waals surface area (Å²) in [5.74, 6) is -0.917. The Morgan fingerprint density at radius 2 is 1.96 bits per heavy atom. The zero-order valence-electron chi connectivity index (χ0n) is 15.2. The highest BCUT2D eigenvalue weighted by Crippen LogP contribution is 2.39. The van der Waals surface area contributed by atoms with Gasteiger partial charge < -0.3 is 23.9 Å². The van der Waals surface area contributed by atoms with E-state index < -0.39 is 23.5 Å². The van der Waals surface area contributed by atoms with E-state index in [1.807, 2.05) is 0 Å². The third kappa shape index (κ3) is 3.59. The van der Waals surface area contributed by atoms with Gasteiger partial charge in [-0.25, -0.2) is 0 Å². The van der Waals surface area contributed by atoms with Crippen LogP contribution < -0.4 is 4.74 Å². The molecule has 0 saturated heterocycles. The Kier molecular flexibility index (Phi) is 5.61. The monoisotopic (exact) mass is 371 g/mol. The predicted octanol–water partition coefficient (Wildman–Crippen LogP) is 2.90. The minimum atomic E-state index is -0.710. The lowest BCUT2D eigenvalue weighted by atomic mass is 9.95. The predicted molar refractivity (Wildman–Crippen MR) is 96.6 cm³/mol. The van der Waals surface area contributed by atoms with Crippen molar-refractivity contribution in [1.29, 1.82) is 0 Å². The second-order valence-corrected chi connectivity index (χ2v) is 6.09. The molecule has 0 radical (unpaired) electrons. The topological polar surface area (TPSA) is 89.2 Å². The van der Waals surface area contributed by atoms with Gasteiger partial charge in [0.15, 0.2) is 11.5 Å². The molecule has 0 fully saturated rings. The number of benzene rings is 1. The van der Waals surface area contributed by atoms with E-state index in [-0.39, 0.29) is 11.3 Å².